The summed E-state index contributed by atoms with van der Waals surface area (Å²) in [5.74, 6) is -0.0709. The Morgan fingerprint density at radius 2 is 2.06 bits per heavy atom. The third-order valence-corrected chi connectivity index (χ3v) is 2.81. The molecule has 0 aliphatic rings. The smallest absolute Gasteiger partial charge is 0.0700 e. The topological polar surface area (TPSA) is 41.6 Å². The van der Waals surface area contributed by atoms with Crippen molar-refractivity contribution >= 4 is 15.9 Å². The molecule has 0 amide bonds. The molecular weight excluding hydrogens is 266 g/mol. The molecule has 0 N–H and O–H groups in total. The van der Waals surface area contributed by atoms with Crippen LogP contribution < -0.4 is 0 Å². The van der Waals surface area contributed by atoms with Crippen LogP contribution in [0.1, 0.15) is 18.4 Å². The summed E-state index contributed by atoms with van der Waals surface area (Å²) in [6.07, 6.45) is 3.63. The molecule has 16 heavy (non-hydrogen) atoms. The minimum absolute atomic E-state index is 0.0709. The van der Waals surface area contributed by atoms with Gasteiger partial charge in [0, 0.05) is 6.20 Å². The Morgan fingerprint density at radius 1 is 1.38 bits per heavy atom. The minimum atomic E-state index is -0.0709. The van der Waals surface area contributed by atoms with Crippen LogP contribution in [0.2, 0.25) is 0 Å². The van der Waals surface area contributed by atoms with Crippen molar-refractivity contribution in [1.82, 2.24) is 9.78 Å². The third kappa shape index (κ3) is 2.15. The van der Waals surface area contributed by atoms with Gasteiger partial charge in [-0.05, 0) is 40.5 Å². The molecule has 1 unspecified atom stereocenters. The van der Waals surface area contributed by atoms with Crippen LogP contribution in [0.4, 0.5) is 0 Å². The zero-order chi connectivity index (χ0) is 11.5. The summed E-state index contributed by atoms with van der Waals surface area (Å²) in [7, 11) is 0. The molecule has 1 heterocycles. The number of nitriles is 1. The van der Waals surface area contributed by atoms with Gasteiger partial charge in [-0.1, -0.05) is 12.1 Å². The molecule has 0 aliphatic heterocycles. The molecule has 3 nitrogen and oxygen atoms in total. The highest BCUT2D eigenvalue weighted by Gasteiger charge is 2.04. The monoisotopic (exact) mass is 275 g/mol. The van der Waals surface area contributed by atoms with Gasteiger partial charge in [0.2, 0.25) is 0 Å². The largest absolute Gasteiger partial charge is 0.240 e. The van der Waals surface area contributed by atoms with Gasteiger partial charge in [0.05, 0.1) is 28.3 Å². The molecule has 1 aromatic carbocycles. The number of nitrogens with zero attached hydrogens (tertiary/aromatic N) is 3. The molecule has 0 fully saturated rings. The van der Waals surface area contributed by atoms with E-state index in [2.05, 4.69) is 27.1 Å². The van der Waals surface area contributed by atoms with E-state index < -0.39 is 0 Å². The van der Waals surface area contributed by atoms with Gasteiger partial charge in [0.25, 0.3) is 0 Å². The van der Waals surface area contributed by atoms with Gasteiger partial charge >= 0.3 is 0 Å². The summed E-state index contributed by atoms with van der Waals surface area (Å²) in [6.45, 7) is 1.89. The maximum absolute atomic E-state index is 8.80. The maximum atomic E-state index is 8.80. The second-order valence-electron chi connectivity index (χ2n) is 3.55. The maximum Gasteiger partial charge on any atom is 0.0700 e. The van der Waals surface area contributed by atoms with E-state index in [1.807, 2.05) is 37.4 Å². The van der Waals surface area contributed by atoms with Crippen LogP contribution in [-0.4, -0.2) is 9.78 Å². The van der Waals surface area contributed by atoms with E-state index in [1.54, 1.807) is 10.9 Å². The molecule has 2 aromatic rings. The van der Waals surface area contributed by atoms with E-state index in [4.69, 9.17) is 5.26 Å². The highest BCUT2D eigenvalue weighted by Crippen LogP contribution is 2.17. The van der Waals surface area contributed by atoms with Crippen molar-refractivity contribution in [2.24, 2.45) is 0 Å². The first-order valence-electron chi connectivity index (χ1n) is 4.91. The highest BCUT2D eigenvalue weighted by atomic mass is 79.9. The summed E-state index contributed by atoms with van der Waals surface area (Å²) < 4.78 is 2.73. The zero-order valence-corrected chi connectivity index (χ0v) is 10.3. The standard InChI is InChI=1S/C12H10BrN3/c1-9(6-14)10-2-4-12(5-3-10)16-8-11(13)7-15-16/h2-5,7-9H,1H3. The van der Waals surface area contributed by atoms with Gasteiger partial charge in [-0.15, -0.1) is 0 Å². The van der Waals surface area contributed by atoms with Crippen LogP contribution in [0, 0.1) is 11.3 Å². The van der Waals surface area contributed by atoms with E-state index >= 15 is 0 Å². The van der Waals surface area contributed by atoms with Crippen LogP contribution in [0.25, 0.3) is 5.69 Å². The van der Waals surface area contributed by atoms with Crippen molar-refractivity contribution < 1.29 is 0 Å². The van der Waals surface area contributed by atoms with Gasteiger partial charge in [-0.25, -0.2) is 4.68 Å². The predicted octanol–water partition coefficient (Wildman–Crippen LogP) is 3.26. The Labute approximate surface area is 102 Å². The van der Waals surface area contributed by atoms with Gasteiger partial charge in [0.1, 0.15) is 0 Å². The molecule has 2 rings (SSSR count). The first-order chi connectivity index (χ1) is 7.70. The summed E-state index contributed by atoms with van der Waals surface area (Å²) in [5.41, 5.74) is 2.01. The second kappa shape index (κ2) is 4.50. The van der Waals surface area contributed by atoms with E-state index in [1.165, 1.54) is 0 Å². The predicted molar refractivity (Wildman–Crippen MR) is 65.3 cm³/mol. The number of halogens is 1. The average molecular weight is 276 g/mol. The minimum Gasteiger partial charge on any atom is -0.240 e. The van der Waals surface area contributed by atoms with E-state index in [9.17, 15) is 0 Å². The molecule has 0 radical (unpaired) electrons. The van der Waals surface area contributed by atoms with Crippen LogP contribution in [-0.2, 0) is 0 Å². The lowest BCUT2D eigenvalue weighted by Gasteiger charge is -2.05. The summed E-state index contributed by atoms with van der Waals surface area (Å²) in [4.78, 5) is 0. The first kappa shape index (κ1) is 10.9. The molecule has 1 atom stereocenters. The van der Waals surface area contributed by atoms with Crippen LogP contribution in [0.3, 0.4) is 0 Å². The second-order valence-corrected chi connectivity index (χ2v) is 4.46. The summed E-state index contributed by atoms with van der Waals surface area (Å²) in [6, 6.07) is 10.1. The number of rotatable bonds is 2. The quantitative estimate of drug-likeness (QED) is 0.844. The molecule has 0 saturated heterocycles. The van der Waals surface area contributed by atoms with Crippen molar-refractivity contribution in [3.05, 3.63) is 46.7 Å². The van der Waals surface area contributed by atoms with E-state index in [0.717, 1.165) is 15.7 Å². The van der Waals surface area contributed by atoms with Crippen molar-refractivity contribution in [1.29, 1.82) is 5.26 Å². The van der Waals surface area contributed by atoms with Crippen molar-refractivity contribution in [2.45, 2.75) is 12.8 Å². The lowest BCUT2D eigenvalue weighted by molar-refractivity contribution is 0.877. The fraction of sp³-hybridized carbons (Fsp3) is 0.167. The first-order valence-corrected chi connectivity index (χ1v) is 5.70. The number of hydrogen-bond acceptors (Lipinski definition) is 2. The summed E-state index contributed by atoms with van der Waals surface area (Å²) in [5, 5.41) is 13.0. The molecular formula is C12H10BrN3. The van der Waals surface area contributed by atoms with Crippen molar-refractivity contribution in [3.63, 3.8) is 0 Å². The van der Waals surface area contributed by atoms with Crippen molar-refractivity contribution in [2.75, 3.05) is 0 Å². The molecule has 0 aliphatic carbocycles. The van der Waals surface area contributed by atoms with Crippen LogP contribution in [0.5, 0.6) is 0 Å². The van der Waals surface area contributed by atoms with Gasteiger partial charge in [-0.3, -0.25) is 0 Å². The number of hydrogen-bond donors (Lipinski definition) is 0. The average Bonchev–Trinajstić information content (AvgIpc) is 2.75. The van der Waals surface area contributed by atoms with E-state index in [0.29, 0.717) is 0 Å². The fourth-order valence-electron chi connectivity index (χ4n) is 1.43. The van der Waals surface area contributed by atoms with Crippen molar-refractivity contribution in [3.8, 4) is 11.8 Å². The Kier molecular flexibility index (Phi) is 3.07. The van der Waals surface area contributed by atoms with Gasteiger partial charge in [-0.2, -0.15) is 10.4 Å². The molecule has 1 aromatic heterocycles. The van der Waals surface area contributed by atoms with Gasteiger partial charge in [0.15, 0.2) is 0 Å². The van der Waals surface area contributed by atoms with Gasteiger partial charge < -0.3 is 0 Å². The Bertz CT molecular complexity index is 522. The van der Waals surface area contributed by atoms with E-state index in [-0.39, 0.29) is 5.92 Å². The normalized spacial score (nSPS) is 12.1. The molecule has 4 heteroatoms. The lowest BCUT2D eigenvalue weighted by Crippen LogP contribution is -1.95. The number of benzene rings is 1. The highest BCUT2D eigenvalue weighted by molar-refractivity contribution is 9.10. The third-order valence-electron chi connectivity index (χ3n) is 2.40. The number of aromatic nitrogens is 2. The molecule has 80 valence electrons. The molecule has 0 saturated carbocycles. The molecule has 0 spiro atoms. The molecule has 0 bridgehead atoms. The Balaban J connectivity index is 2.30. The zero-order valence-electron chi connectivity index (χ0n) is 8.76. The Morgan fingerprint density at radius 3 is 2.56 bits per heavy atom. The van der Waals surface area contributed by atoms with Crippen LogP contribution in [0.15, 0.2) is 41.1 Å². The van der Waals surface area contributed by atoms with Crippen LogP contribution >= 0.6 is 15.9 Å². The lowest BCUT2D eigenvalue weighted by atomic mass is 10.0. The SMILES string of the molecule is CC(C#N)c1ccc(-n2cc(Br)cn2)cc1. The summed E-state index contributed by atoms with van der Waals surface area (Å²) >= 11 is 3.35. The fourth-order valence-corrected chi connectivity index (χ4v) is 1.72. The Hall–Kier alpha value is -1.60.